The van der Waals surface area contributed by atoms with Gasteiger partial charge in [-0.15, -0.1) is 0 Å². The molecule has 0 atom stereocenters. The number of halogens is 6. The maximum absolute atomic E-state index is 14.0. The molecule has 0 heterocycles. The second-order valence-electron chi connectivity index (χ2n) is 7.10. The minimum atomic E-state index is -5.92. The second kappa shape index (κ2) is 8.83. The lowest BCUT2D eigenvalue weighted by molar-refractivity contribution is -0.309. The molecule has 12 heteroatoms. The maximum Gasteiger partial charge on any atom is 0.420 e. The van der Waals surface area contributed by atoms with Crippen LogP contribution >= 0.6 is 7.75 Å². The molecule has 168 valence electrons. The minimum absolute atomic E-state index is 0.382. The first-order valence-electron chi connectivity index (χ1n) is 8.63. The summed E-state index contributed by atoms with van der Waals surface area (Å²) in [5, 5.41) is 1.20. The number of hydrogen-bond donors (Lipinski definition) is 1. The van der Waals surface area contributed by atoms with Gasteiger partial charge in [0, 0.05) is 19.8 Å². The molecule has 1 aromatic carbocycles. The fourth-order valence-electron chi connectivity index (χ4n) is 2.53. The number of benzene rings is 1. The quantitative estimate of drug-likeness (QED) is 0.412. The third-order valence-corrected chi connectivity index (χ3v) is 5.68. The largest absolute Gasteiger partial charge is 0.420 e. The average Bonchev–Trinajstić information content (AvgIpc) is 2.48. The van der Waals surface area contributed by atoms with E-state index in [9.17, 15) is 30.9 Å². The van der Waals surface area contributed by atoms with Crippen molar-refractivity contribution in [2.45, 2.75) is 57.8 Å². The molecular weight excluding hydrogens is 425 g/mol. The lowest BCUT2D eigenvalue weighted by atomic mass is 9.89. The molecule has 0 unspecified atom stereocenters. The summed E-state index contributed by atoms with van der Waals surface area (Å²) in [5.74, 6) is 0. The molecule has 0 aromatic heterocycles. The fourth-order valence-corrected chi connectivity index (χ4v) is 4.59. The predicted octanol–water partition coefficient (Wildman–Crippen LogP) is 5.62. The van der Waals surface area contributed by atoms with Crippen molar-refractivity contribution < 1.29 is 40.0 Å². The molecule has 0 fully saturated rings. The predicted molar refractivity (Wildman–Crippen MR) is 97.7 cm³/mol. The van der Waals surface area contributed by atoms with Gasteiger partial charge in [0.15, 0.2) is 0 Å². The molecule has 5 nitrogen and oxygen atoms in total. The van der Waals surface area contributed by atoms with E-state index in [-0.39, 0.29) is 0 Å². The first-order chi connectivity index (χ1) is 12.9. The van der Waals surface area contributed by atoms with Gasteiger partial charge in [-0.05, 0) is 45.4 Å². The normalized spacial score (nSPS) is 14.0. The Morgan fingerprint density at radius 3 is 1.52 bits per heavy atom. The number of anilines is 1. The minimum Gasteiger partial charge on any atom is -0.378 e. The average molecular weight is 450 g/mol. The Labute approximate surface area is 165 Å². The van der Waals surface area contributed by atoms with Gasteiger partial charge in [-0.25, -0.2) is 4.57 Å². The van der Waals surface area contributed by atoms with E-state index in [1.807, 2.05) is 0 Å². The van der Waals surface area contributed by atoms with Crippen molar-refractivity contribution in [3.63, 3.8) is 0 Å². The maximum atomic E-state index is 14.0. The van der Waals surface area contributed by atoms with Crippen LogP contribution in [0.5, 0.6) is 0 Å². The Morgan fingerprint density at radius 1 is 0.862 bits per heavy atom. The summed E-state index contributed by atoms with van der Waals surface area (Å²) in [7, 11) is -1.89. The molecule has 0 aliphatic heterocycles. The van der Waals surface area contributed by atoms with Crippen molar-refractivity contribution in [3.05, 3.63) is 29.8 Å². The molecule has 0 aliphatic rings. The van der Waals surface area contributed by atoms with Crippen molar-refractivity contribution in [2.75, 3.05) is 19.0 Å². The molecule has 1 aromatic rings. The van der Waals surface area contributed by atoms with Gasteiger partial charge in [0.05, 0.1) is 12.2 Å². The number of hydrogen-bond acceptors (Lipinski definition) is 4. The number of rotatable bonds is 8. The van der Waals surface area contributed by atoms with Crippen LogP contribution in [0, 0.1) is 0 Å². The SMILES string of the molecule is CC(C)OP(=O)(NC(c1ccc(N(C)C)cc1)(C(F)(F)F)C(F)(F)F)OC(C)C. The molecular formula is C17H25F6N2O3P. The molecule has 0 saturated heterocycles. The summed E-state index contributed by atoms with van der Waals surface area (Å²) in [6, 6.07) is 3.55. The van der Waals surface area contributed by atoms with Crippen molar-refractivity contribution in [1.29, 1.82) is 0 Å². The zero-order valence-electron chi connectivity index (χ0n) is 16.9. The van der Waals surface area contributed by atoms with Gasteiger partial charge >= 0.3 is 20.1 Å². The van der Waals surface area contributed by atoms with Gasteiger partial charge in [-0.3, -0.25) is 9.05 Å². The van der Waals surface area contributed by atoms with Crippen molar-refractivity contribution in [1.82, 2.24) is 5.09 Å². The summed E-state index contributed by atoms with van der Waals surface area (Å²) >= 11 is 0. The number of nitrogens with zero attached hydrogens (tertiary/aromatic N) is 1. The molecule has 0 spiro atoms. The van der Waals surface area contributed by atoms with E-state index in [0.717, 1.165) is 12.1 Å². The molecule has 0 saturated carbocycles. The first kappa shape index (κ1) is 25.7. The summed E-state index contributed by atoms with van der Waals surface area (Å²) in [5.41, 5.74) is -5.49. The lowest BCUT2D eigenvalue weighted by Crippen LogP contribution is -2.62. The van der Waals surface area contributed by atoms with Gasteiger partial charge in [0.1, 0.15) is 0 Å². The fraction of sp³-hybridized carbons (Fsp3) is 0.647. The molecule has 1 rings (SSSR count). The van der Waals surface area contributed by atoms with Crippen LogP contribution in [0.15, 0.2) is 24.3 Å². The molecule has 29 heavy (non-hydrogen) atoms. The van der Waals surface area contributed by atoms with Crippen molar-refractivity contribution in [2.24, 2.45) is 0 Å². The lowest BCUT2D eigenvalue weighted by Gasteiger charge is -2.40. The summed E-state index contributed by atoms with van der Waals surface area (Å²) < 4.78 is 107. The van der Waals surface area contributed by atoms with E-state index in [1.165, 1.54) is 37.7 Å². The highest BCUT2D eigenvalue weighted by Gasteiger charge is 2.74. The topological polar surface area (TPSA) is 50.8 Å². The second-order valence-corrected chi connectivity index (χ2v) is 8.74. The standard InChI is InChI=1S/C17H25F6N2O3P/c1-11(2)27-29(26,28-12(3)4)24-15(16(18,19)20,17(21,22)23)13-7-9-14(10-8-13)25(5)6/h7-12H,1-6H3,(H,24,26). The van der Waals surface area contributed by atoms with Crippen LogP contribution in [-0.2, 0) is 19.2 Å². The van der Waals surface area contributed by atoms with Crippen LogP contribution in [-0.4, -0.2) is 38.7 Å². The smallest absolute Gasteiger partial charge is 0.378 e. The van der Waals surface area contributed by atoms with E-state index in [2.05, 4.69) is 0 Å². The van der Waals surface area contributed by atoms with E-state index >= 15 is 0 Å². The number of nitrogens with one attached hydrogen (secondary N) is 1. The zero-order chi connectivity index (χ0) is 22.8. The van der Waals surface area contributed by atoms with Crippen LogP contribution in [0.1, 0.15) is 33.3 Å². The number of alkyl halides is 6. The van der Waals surface area contributed by atoms with Crippen LogP contribution in [0.4, 0.5) is 32.0 Å². The zero-order valence-corrected chi connectivity index (χ0v) is 17.7. The van der Waals surface area contributed by atoms with Crippen LogP contribution in [0.2, 0.25) is 0 Å². The van der Waals surface area contributed by atoms with Crippen molar-refractivity contribution >= 4 is 13.4 Å². The van der Waals surface area contributed by atoms with E-state index in [1.54, 1.807) is 14.1 Å². The summed E-state index contributed by atoms with van der Waals surface area (Å²) in [6.45, 7) is 5.25. The van der Waals surface area contributed by atoms with Crippen LogP contribution in [0.3, 0.4) is 0 Å². The van der Waals surface area contributed by atoms with Gasteiger partial charge in [-0.2, -0.15) is 31.4 Å². The van der Waals surface area contributed by atoms with Gasteiger partial charge in [-0.1, -0.05) is 12.1 Å². The Hall–Kier alpha value is -1.29. The molecule has 0 radical (unpaired) electrons. The van der Waals surface area contributed by atoms with Crippen LogP contribution < -0.4 is 9.99 Å². The van der Waals surface area contributed by atoms with E-state index < -0.39 is 43.4 Å². The Kier molecular flexibility index (Phi) is 7.84. The molecule has 0 bridgehead atoms. The highest BCUT2D eigenvalue weighted by atomic mass is 31.2. The Morgan fingerprint density at radius 2 is 1.24 bits per heavy atom. The third kappa shape index (κ3) is 5.87. The highest BCUT2D eigenvalue weighted by molar-refractivity contribution is 7.51. The summed E-state index contributed by atoms with van der Waals surface area (Å²) in [4.78, 5) is 1.51. The summed E-state index contributed by atoms with van der Waals surface area (Å²) in [6.07, 6.45) is -13.8. The van der Waals surface area contributed by atoms with Crippen molar-refractivity contribution in [3.8, 4) is 0 Å². The highest BCUT2D eigenvalue weighted by Crippen LogP contribution is 2.58. The van der Waals surface area contributed by atoms with E-state index in [0.29, 0.717) is 17.8 Å². The van der Waals surface area contributed by atoms with Gasteiger partial charge < -0.3 is 4.90 Å². The monoisotopic (exact) mass is 450 g/mol. The molecule has 1 N–H and O–H groups in total. The third-order valence-electron chi connectivity index (χ3n) is 3.67. The van der Waals surface area contributed by atoms with Gasteiger partial charge in [0.2, 0.25) is 5.54 Å². The van der Waals surface area contributed by atoms with Gasteiger partial charge in [0.25, 0.3) is 0 Å². The first-order valence-corrected chi connectivity index (χ1v) is 10.2. The molecule has 0 aliphatic carbocycles. The van der Waals surface area contributed by atoms with E-state index in [4.69, 9.17) is 9.05 Å². The Bertz CT molecular complexity index is 689. The molecule has 0 amide bonds. The van der Waals surface area contributed by atoms with Crippen LogP contribution in [0.25, 0.3) is 0 Å². The Balaban J connectivity index is 3.73.